The monoisotopic (exact) mass is 430 g/mol. The van der Waals surface area contributed by atoms with E-state index in [2.05, 4.69) is 49.2 Å². The van der Waals surface area contributed by atoms with Crippen LogP contribution in [0.4, 0.5) is 0 Å². The second-order valence-electron chi connectivity index (χ2n) is 3.84. The molecule has 1 aliphatic heterocycles. The number of amides is 1. The molecule has 0 aliphatic carbocycles. The van der Waals surface area contributed by atoms with E-state index in [1.807, 2.05) is 18.2 Å². The highest BCUT2D eigenvalue weighted by Crippen LogP contribution is 2.22. The van der Waals surface area contributed by atoms with Crippen LogP contribution in [0.25, 0.3) is 0 Å². The van der Waals surface area contributed by atoms with E-state index in [1.54, 1.807) is 0 Å². The normalized spacial score (nSPS) is 14.7. The van der Waals surface area contributed by atoms with Crippen LogP contribution in [0.15, 0.2) is 22.7 Å². The minimum absolute atomic E-state index is 0. The first-order valence-corrected chi connectivity index (χ1v) is 6.98. The molecule has 6 heteroatoms. The van der Waals surface area contributed by atoms with Crippen molar-refractivity contribution in [2.75, 3.05) is 19.6 Å². The summed E-state index contributed by atoms with van der Waals surface area (Å²) in [4.78, 5) is 11.9. The van der Waals surface area contributed by atoms with Gasteiger partial charge in [-0.1, -0.05) is 6.07 Å². The molecule has 2 N–H and O–H groups in total. The minimum atomic E-state index is 0. The summed E-state index contributed by atoms with van der Waals surface area (Å²) >= 11 is 5.60. The molecule has 0 radical (unpaired) electrons. The molecule has 1 aliphatic rings. The van der Waals surface area contributed by atoms with Gasteiger partial charge in [-0.15, -0.1) is 12.4 Å². The van der Waals surface area contributed by atoms with Gasteiger partial charge in [-0.05, 0) is 50.7 Å². The number of nitrogens with one attached hydrogen (secondary N) is 2. The van der Waals surface area contributed by atoms with Crippen molar-refractivity contribution >= 4 is 56.8 Å². The van der Waals surface area contributed by atoms with Gasteiger partial charge >= 0.3 is 0 Å². The van der Waals surface area contributed by atoms with E-state index in [0.717, 1.165) is 33.2 Å². The van der Waals surface area contributed by atoms with Gasteiger partial charge in [0.15, 0.2) is 0 Å². The Bertz CT molecular complexity index is 412. The largest absolute Gasteiger partial charge is 0.352 e. The lowest BCUT2D eigenvalue weighted by Gasteiger charge is -2.27. The standard InChI is InChI=1S/C11H12BrIN2O.ClH/c12-9-3-1-2-8(10(9)13)11(16)15-6-7-4-14-5-7;/h1-3,7,14H,4-6H2,(H,15,16);1H. The first-order valence-electron chi connectivity index (χ1n) is 5.11. The number of carbonyl (C=O) groups excluding carboxylic acids is 1. The molecular weight excluding hydrogens is 418 g/mol. The summed E-state index contributed by atoms with van der Waals surface area (Å²) in [5, 5.41) is 6.15. The van der Waals surface area contributed by atoms with Crippen LogP contribution in [-0.2, 0) is 0 Å². The fraction of sp³-hybridized carbons (Fsp3) is 0.364. The first kappa shape index (κ1) is 15.2. The van der Waals surface area contributed by atoms with Crippen LogP contribution in [0.5, 0.6) is 0 Å². The van der Waals surface area contributed by atoms with Crippen molar-refractivity contribution in [3.63, 3.8) is 0 Å². The number of benzene rings is 1. The van der Waals surface area contributed by atoms with Crippen molar-refractivity contribution < 1.29 is 4.79 Å². The predicted octanol–water partition coefficient (Wildman–Crippen LogP) is 2.42. The van der Waals surface area contributed by atoms with Crippen LogP contribution in [0.2, 0.25) is 0 Å². The maximum atomic E-state index is 11.9. The third kappa shape index (κ3) is 3.81. The van der Waals surface area contributed by atoms with Crippen LogP contribution in [0.1, 0.15) is 10.4 Å². The molecule has 1 amide bonds. The number of halogens is 3. The van der Waals surface area contributed by atoms with E-state index < -0.39 is 0 Å². The Morgan fingerprint density at radius 2 is 2.24 bits per heavy atom. The van der Waals surface area contributed by atoms with Gasteiger partial charge < -0.3 is 10.6 Å². The Kier molecular flexibility index (Phi) is 6.19. The molecule has 1 heterocycles. The highest BCUT2D eigenvalue weighted by atomic mass is 127. The zero-order valence-corrected chi connectivity index (χ0v) is 13.6. The van der Waals surface area contributed by atoms with Crippen molar-refractivity contribution in [2.45, 2.75) is 0 Å². The number of hydrogen-bond donors (Lipinski definition) is 2. The van der Waals surface area contributed by atoms with Gasteiger partial charge in [-0.2, -0.15) is 0 Å². The smallest absolute Gasteiger partial charge is 0.252 e. The number of hydrogen-bond acceptors (Lipinski definition) is 2. The molecule has 0 bridgehead atoms. The predicted molar refractivity (Wildman–Crippen MR) is 82.8 cm³/mol. The molecule has 1 fully saturated rings. The number of rotatable bonds is 3. The molecule has 94 valence electrons. The second kappa shape index (κ2) is 6.92. The zero-order valence-electron chi connectivity index (χ0n) is 9.00. The van der Waals surface area contributed by atoms with Crippen molar-refractivity contribution in [3.8, 4) is 0 Å². The molecule has 2 rings (SSSR count). The molecule has 3 nitrogen and oxygen atoms in total. The van der Waals surface area contributed by atoms with Crippen LogP contribution >= 0.6 is 50.9 Å². The molecule has 17 heavy (non-hydrogen) atoms. The van der Waals surface area contributed by atoms with E-state index in [1.165, 1.54) is 0 Å². The van der Waals surface area contributed by atoms with E-state index in [0.29, 0.717) is 5.92 Å². The molecule has 0 spiro atoms. The molecule has 0 saturated carbocycles. The molecular formula is C11H13BrClIN2O. The van der Waals surface area contributed by atoms with E-state index in [9.17, 15) is 4.79 Å². The summed E-state index contributed by atoms with van der Waals surface area (Å²) in [6.45, 7) is 2.78. The van der Waals surface area contributed by atoms with Gasteiger partial charge in [0, 0.05) is 33.6 Å². The summed E-state index contributed by atoms with van der Waals surface area (Å²) < 4.78 is 1.93. The van der Waals surface area contributed by atoms with Gasteiger partial charge in [0.05, 0.1) is 5.56 Å². The SMILES string of the molecule is Cl.O=C(NCC1CNC1)c1cccc(Br)c1I. The lowest BCUT2D eigenvalue weighted by Crippen LogP contribution is -2.48. The lowest BCUT2D eigenvalue weighted by molar-refractivity contribution is 0.0941. The summed E-state index contributed by atoms with van der Waals surface area (Å²) in [5.74, 6) is 0.603. The van der Waals surface area contributed by atoms with Crippen LogP contribution < -0.4 is 10.6 Å². The Balaban J connectivity index is 0.00000144. The third-order valence-corrected chi connectivity index (χ3v) is 5.18. The Hall–Kier alpha value is 0.150. The highest BCUT2D eigenvalue weighted by Gasteiger charge is 2.18. The maximum absolute atomic E-state index is 11.9. The van der Waals surface area contributed by atoms with Crippen LogP contribution in [0.3, 0.4) is 0 Å². The lowest BCUT2D eigenvalue weighted by atomic mass is 10.0. The third-order valence-electron chi connectivity index (χ3n) is 2.61. The maximum Gasteiger partial charge on any atom is 0.252 e. The summed E-state index contributed by atoms with van der Waals surface area (Å²) in [6, 6.07) is 5.67. The molecule has 0 aromatic heterocycles. The Morgan fingerprint density at radius 1 is 1.53 bits per heavy atom. The summed E-state index contributed by atoms with van der Waals surface area (Å²) in [5.41, 5.74) is 0.738. The van der Waals surface area contributed by atoms with E-state index >= 15 is 0 Å². The zero-order chi connectivity index (χ0) is 11.5. The van der Waals surface area contributed by atoms with Crippen molar-refractivity contribution in [3.05, 3.63) is 31.8 Å². The molecule has 1 saturated heterocycles. The van der Waals surface area contributed by atoms with Gasteiger partial charge in [0.1, 0.15) is 0 Å². The quantitative estimate of drug-likeness (QED) is 0.722. The van der Waals surface area contributed by atoms with E-state index in [4.69, 9.17) is 0 Å². The average Bonchev–Trinajstić information content (AvgIpc) is 2.19. The van der Waals surface area contributed by atoms with E-state index in [-0.39, 0.29) is 18.3 Å². The van der Waals surface area contributed by atoms with Gasteiger partial charge in [-0.25, -0.2) is 0 Å². The van der Waals surface area contributed by atoms with Crippen LogP contribution in [0, 0.1) is 9.49 Å². The Labute approximate surface area is 129 Å². The fourth-order valence-corrected chi connectivity index (χ4v) is 2.47. The van der Waals surface area contributed by atoms with Crippen molar-refractivity contribution in [1.82, 2.24) is 10.6 Å². The average molecular weight is 431 g/mol. The Morgan fingerprint density at radius 3 is 2.82 bits per heavy atom. The molecule has 1 aromatic rings. The van der Waals surface area contributed by atoms with Crippen LogP contribution in [-0.4, -0.2) is 25.5 Å². The topological polar surface area (TPSA) is 41.1 Å². The summed E-state index contributed by atoms with van der Waals surface area (Å²) in [6.07, 6.45) is 0. The second-order valence-corrected chi connectivity index (χ2v) is 5.77. The first-order chi connectivity index (χ1) is 7.68. The van der Waals surface area contributed by atoms with Gasteiger partial charge in [-0.3, -0.25) is 4.79 Å². The number of carbonyl (C=O) groups is 1. The molecule has 0 atom stereocenters. The highest BCUT2D eigenvalue weighted by molar-refractivity contribution is 14.1. The van der Waals surface area contributed by atoms with Crippen molar-refractivity contribution in [2.24, 2.45) is 5.92 Å². The minimum Gasteiger partial charge on any atom is -0.352 e. The van der Waals surface area contributed by atoms with Gasteiger partial charge in [0.25, 0.3) is 5.91 Å². The molecule has 0 unspecified atom stereocenters. The molecule has 1 aromatic carbocycles. The van der Waals surface area contributed by atoms with Crippen molar-refractivity contribution in [1.29, 1.82) is 0 Å². The fourth-order valence-electron chi connectivity index (χ4n) is 1.50. The van der Waals surface area contributed by atoms with Gasteiger partial charge in [0.2, 0.25) is 0 Å². The summed E-state index contributed by atoms with van der Waals surface area (Å²) in [7, 11) is 0.